The van der Waals surface area contributed by atoms with Crippen LogP contribution >= 0.6 is 35.5 Å². The van der Waals surface area contributed by atoms with Crippen LogP contribution in [-0.4, -0.2) is 74.8 Å². The van der Waals surface area contributed by atoms with E-state index in [1.165, 1.54) is 11.5 Å². The average Bonchev–Trinajstić information content (AvgIpc) is 3.30. The molecule has 1 N–H and O–H groups in total. The summed E-state index contributed by atoms with van der Waals surface area (Å²) < 4.78 is 6.18. The standard InChI is InChI=1S/C14H23N9S.HI/c1-3-12-19-14(24-20-12)22-8-6-21(7-9-22)13(15-2)17-4-5-23-11-16-10-18-23;/h10-11H,3-9H2,1-2H3,(H,15,17);1H. The van der Waals surface area contributed by atoms with E-state index in [-0.39, 0.29) is 24.0 Å². The predicted octanol–water partition coefficient (Wildman–Crippen LogP) is 0.708. The molecule has 1 fully saturated rings. The number of aromatic nitrogens is 5. The molecule has 0 bridgehead atoms. The molecule has 3 heterocycles. The highest BCUT2D eigenvalue weighted by Crippen LogP contribution is 2.19. The highest BCUT2D eigenvalue weighted by Gasteiger charge is 2.21. The smallest absolute Gasteiger partial charge is 0.205 e. The van der Waals surface area contributed by atoms with Crippen LogP contribution in [0.25, 0.3) is 0 Å². The second-order valence-electron chi connectivity index (χ2n) is 5.45. The predicted molar refractivity (Wildman–Crippen MR) is 110 cm³/mol. The van der Waals surface area contributed by atoms with Crippen molar-refractivity contribution in [2.45, 2.75) is 19.9 Å². The van der Waals surface area contributed by atoms with Crippen molar-refractivity contribution in [2.75, 3.05) is 44.7 Å². The SMILES string of the molecule is CCc1nsc(N2CCN(C(=NC)NCCn3cncn3)CC2)n1.I. The first-order valence-electron chi connectivity index (χ1n) is 8.15. The van der Waals surface area contributed by atoms with Gasteiger partial charge in [-0.05, 0) is 0 Å². The van der Waals surface area contributed by atoms with Crippen LogP contribution in [0.4, 0.5) is 5.13 Å². The summed E-state index contributed by atoms with van der Waals surface area (Å²) in [6.07, 6.45) is 4.15. The summed E-state index contributed by atoms with van der Waals surface area (Å²) in [6, 6.07) is 0. The fraction of sp³-hybridized carbons (Fsp3) is 0.643. The Morgan fingerprint density at radius 3 is 2.72 bits per heavy atom. The van der Waals surface area contributed by atoms with Gasteiger partial charge in [-0.3, -0.25) is 9.67 Å². The summed E-state index contributed by atoms with van der Waals surface area (Å²) in [4.78, 5) is 17.5. The molecule has 0 aliphatic carbocycles. The first kappa shape index (κ1) is 19.8. The van der Waals surface area contributed by atoms with E-state index >= 15 is 0 Å². The van der Waals surface area contributed by atoms with Gasteiger partial charge in [-0.1, -0.05) is 6.92 Å². The van der Waals surface area contributed by atoms with Crippen molar-refractivity contribution in [2.24, 2.45) is 4.99 Å². The van der Waals surface area contributed by atoms with Crippen LogP contribution in [0.1, 0.15) is 12.7 Å². The van der Waals surface area contributed by atoms with Gasteiger partial charge in [-0.25, -0.2) is 9.97 Å². The van der Waals surface area contributed by atoms with Gasteiger partial charge in [0.1, 0.15) is 18.5 Å². The summed E-state index contributed by atoms with van der Waals surface area (Å²) in [5.74, 6) is 1.87. The molecular weight excluding hydrogens is 453 g/mol. The molecular formula is C14H24IN9S. The van der Waals surface area contributed by atoms with Crippen LogP contribution in [-0.2, 0) is 13.0 Å². The molecule has 25 heavy (non-hydrogen) atoms. The lowest BCUT2D eigenvalue weighted by atomic mass is 10.3. The topological polar surface area (TPSA) is 87.4 Å². The summed E-state index contributed by atoms with van der Waals surface area (Å²) in [5.41, 5.74) is 0. The van der Waals surface area contributed by atoms with Crippen LogP contribution in [0, 0.1) is 0 Å². The van der Waals surface area contributed by atoms with Crippen molar-refractivity contribution >= 4 is 46.6 Å². The maximum atomic E-state index is 4.57. The quantitative estimate of drug-likeness (QED) is 0.386. The zero-order chi connectivity index (χ0) is 16.8. The number of piperazine rings is 1. The van der Waals surface area contributed by atoms with Gasteiger partial charge >= 0.3 is 0 Å². The van der Waals surface area contributed by atoms with Crippen LogP contribution < -0.4 is 10.2 Å². The van der Waals surface area contributed by atoms with Gasteiger partial charge in [-0.2, -0.15) is 9.47 Å². The van der Waals surface area contributed by atoms with Gasteiger partial charge in [0.15, 0.2) is 5.96 Å². The van der Waals surface area contributed by atoms with Crippen LogP contribution in [0.2, 0.25) is 0 Å². The molecule has 2 aromatic rings. The Bertz CT molecular complexity index is 649. The Labute approximate surface area is 168 Å². The van der Waals surface area contributed by atoms with E-state index in [0.29, 0.717) is 0 Å². The fourth-order valence-corrected chi connectivity index (χ4v) is 3.39. The molecule has 0 aromatic carbocycles. The molecule has 1 saturated heterocycles. The molecule has 9 nitrogen and oxygen atoms in total. The number of aryl methyl sites for hydroxylation is 1. The number of nitrogens with one attached hydrogen (secondary N) is 1. The van der Waals surface area contributed by atoms with Crippen LogP contribution in [0.15, 0.2) is 17.6 Å². The summed E-state index contributed by atoms with van der Waals surface area (Å²) in [6.45, 7) is 7.33. The monoisotopic (exact) mass is 477 g/mol. The van der Waals surface area contributed by atoms with Gasteiger partial charge in [0, 0.05) is 57.7 Å². The molecule has 0 unspecified atom stereocenters. The van der Waals surface area contributed by atoms with Gasteiger partial charge < -0.3 is 15.1 Å². The van der Waals surface area contributed by atoms with E-state index in [2.05, 4.69) is 46.5 Å². The zero-order valence-corrected chi connectivity index (χ0v) is 17.6. The molecule has 138 valence electrons. The lowest BCUT2D eigenvalue weighted by Crippen LogP contribution is -2.53. The number of guanidine groups is 1. The Morgan fingerprint density at radius 2 is 2.12 bits per heavy atom. The van der Waals surface area contributed by atoms with Gasteiger partial charge in [0.25, 0.3) is 0 Å². The molecule has 0 amide bonds. The minimum absolute atomic E-state index is 0. The van der Waals surface area contributed by atoms with Gasteiger partial charge in [-0.15, -0.1) is 24.0 Å². The maximum Gasteiger partial charge on any atom is 0.205 e. The lowest BCUT2D eigenvalue weighted by Gasteiger charge is -2.36. The summed E-state index contributed by atoms with van der Waals surface area (Å²) >= 11 is 1.49. The Balaban J connectivity index is 0.00000225. The maximum absolute atomic E-state index is 4.57. The minimum atomic E-state index is 0. The minimum Gasteiger partial charge on any atom is -0.354 e. The summed E-state index contributed by atoms with van der Waals surface area (Å²) in [5, 5.41) is 8.51. The normalized spacial score (nSPS) is 15.2. The third-order valence-electron chi connectivity index (χ3n) is 3.93. The Kier molecular flexibility index (Phi) is 7.81. The number of halogens is 1. The molecule has 2 aromatic heterocycles. The van der Waals surface area contributed by atoms with E-state index < -0.39 is 0 Å². The Hall–Kier alpha value is -1.50. The number of rotatable bonds is 5. The highest BCUT2D eigenvalue weighted by atomic mass is 127. The molecule has 1 aliphatic rings. The fourth-order valence-electron chi connectivity index (χ4n) is 2.59. The first-order chi connectivity index (χ1) is 11.8. The van der Waals surface area contributed by atoms with Crippen molar-refractivity contribution in [3.8, 4) is 0 Å². The van der Waals surface area contributed by atoms with Crippen LogP contribution in [0.3, 0.4) is 0 Å². The second kappa shape index (κ2) is 9.85. The Morgan fingerprint density at radius 1 is 1.32 bits per heavy atom. The largest absolute Gasteiger partial charge is 0.354 e. The number of hydrogen-bond donors (Lipinski definition) is 1. The van der Waals surface area contributed by atoms with Crippen molar-refractivity contribution in [1.82, 2.24) is 34.3 Å². The van der Waals surface area contributed by atoms with Crippen molar-refractivity contribution < 1.29 is 0 Å². The third kappa shape index (κ3) is 5.23. The van der Waals surface area contributed by atoms with Gasteiger partial charge in [0.2, 0.25) is 5.13 Å². The third-order valence-corrected chi connectivity index (χ3v) is 4.74. The van der Waals surface area contributed by atoms with Crippen molar-refractivity contribution in [3.63, 3.8) is 0 Å². The average molecular weight is 477 g/mol. The second-order valence-corrected chi connectivity index (χ2v) is 6.18. The van der Waals surface area contributed by atoms with E-state index in [9.17, 15) is 0 Å². The molecule has 3 rings (SSSR count). The molecule has 11 heteroatoms. The number of nitrogens with zero attached hydrogens (tertiary/aromatic N) is 8. The van der Waals surface area contributed by atoms with Crippen molar-refractivity contribution in [1.29, 1.82) is 0 Å². The van der Waals surface area contributed by atoms with E-state index in [1.807, 2.05) is 7.05 Å². The number of hydrogen-bond acceptors (Lipinski definition) is 7. The molecule has 0 radical (unpaired) electrons. The van der Waals surface area contributed by atoms with E-state index in [1.54, 1.807) is 17.3 Å². The zero-order valence-electron chi connectivity index (χ0n) is 14.5. The summed E-state index contributed by atoms with van der Waals surface area (Å²) in [7, 11) is 1.82. The van der Waals surface area contributed by atoms with Gasteiger partial charge in [0.05, 0.1) is 6.54 Å². The first-order valence-corrected chi connectivity index (χ1v) is 8.93. The van der Waals surface area contributed by atoms with Crippen LogP contribution in [0.5, 0.6) is 0 Å². The lowest BCUT2D eigenvalue weighted by molar-refractivity contribution is 0.371. The molecule has 0 saturated carbocycles. The van der Waals surface area contributed by atoms with E-state index in [4.69, 9.17) is 0 Å². The molecule has 1 aliphatic heterocycles. The molecule has 0 spiro atoms. The van der Waals surface area contributed by atoms with Crippen molar-refractivity contribution in [3.05, 3.63) is 18.5 Å². The van der Waals surface area contributed by atoms with E-state index in [0.717, 1.165) is 62.6 Å². The molecule has 0 atom stereocenters. The highest BCUT2D eigenvalue weighted by molar-refractivity contribution is 14.0. The number of anilines is 1. The number of aliphatic imine (C=N–C) groups is 1.